The summed E-state index contributed by atoms with van der Waals surface area (Å²) in [4.78, 5) is 10.4. The highest BCUT2D eigenvalue weighted by Crippen LogP contribution is 2.13. The topological polar surface area (TPSA) is 115 Å². The Hall–Kier alpha value is -2.00. The van der Waals surface area contributed by atoms with Gasteiger partial charge in [0.1, 0.15) is 0 Å². The number of sulfonamides is 1. The maximum atomic E-state index is 11.2. The van der Waals surface area contributed by atoms with Crippen LogP contribution in [0.1, 0.15) is 11.1 Å². The first-order chi connectivity index (χ1) is 10.9. The number of benzene rings is 2. The standard InChI is InChI=1S/C15H17N3O4S.ClH/c16-23(21,22)15-6-4-12(5-7-15)8-9-17-11-13-2-1-3-14(10-13)18(19)20;/h1-7,10,17H,8-9,11H2,(H2,16,21,22);1H/p-1. The highest BCUT2D eigenvalue weighted by Gasteiger charge is 2.07. The third kappa shape index (κ3) is 5.89. The van der Waals surface area contributed by atoms with Gasteiger partial charge in [0.2, 0.25) is 10.0 Å². The first-order valence-electron chi connectivity index (χ1n) is 6.92. The molecule has 0 aromatic heterocycles. The third-order valence-electron chi connectivity index (χ3n) is 3.29. The van der Waals surface area contributed by atoms with E-state index in [1.807, 2.05) is 6.07 Å². The minimum absolute atomic E-state index is 0. The van der Waals surface area contributed by atoms with Crippen LogP contribution >= 0.6 is 0 Å². The molecule has 0 aliphatic carbocycles. The van der Waals surface area contributed by atoms with Gasteiger partial charge in [0.25, 0.3) is 5.69 Å². The number of halogens is 1. The van der Waals surface area contributed by atoms with Gasteiger partial charge >= 0.3 is 0 Å². The molecule has 0 amide bonds. The Morgan fingerprint density at radius 1 is 1.08 bits per heavy atom. The van der Waals surface area contributed by atoms with Crippen LogP contribution in [0.5, 0.6) is 0 Å². The van der Waals surface area contributed by atoms with E-state index >= 15 is 0 Å². The molecule has 2 aromatic rings. The Balaban J connectivity index is 0.00000288. The first-order valence-corrected chi connectivity index (χ1v) is 8.47. The lowest BCUT2D eigenvalue weighted by molar-refractivity contribution is -0.384. The van der Waals surface area contributed by atoms with E-state index in [-0.39, 0.29) is 23.0 Å². The summed E-state index contributed by atoms with van der Waals surface area (Å²) in [7, 11) is -3.66. The number of nitrogens with one attached hydrogen (secondary N) is 1. The Kier molecular flexibility index (Phi) is 7.30. The van der Waals surface area contributed by atoms with E-state index in [0.29, 0.717) is 19.5 Å². The molecule has 130 valence electrons. The number of nitrogens with zero attached hydrogens (tertiary/aromatic N) is 1. The van der Waals surface area contributed by atoms with Gasteiger partial charge in [0.15, 0.2) is 0 Å². The highest BCUT2D eigenvalue weighted by atomic mass is 35.5. The highest BCUT2D eigenvalue weighted by molar-refractivity contribution is 7.89. The van der Waals surface area contributed by atoms with Crippen molar-refractivity contribution in [1.29, 1.82) is 0 Å². The summed E-state index contributed by atoms with van der Waals surface area (Å²) in [5, 5.41) is 18.9. The minimum Gasteiger partial charge on any atom is -1.00 e. The largest absolute Gasteiger partial charge is 1.00 e. The predicted octanol–water partition coefficient (Wildman–Crippen LogP) is -1.42. The lowest BCUT2D eigenvalue weighted by Gasteiger charge is -2.06. The number of non-ortho nitro benzene ring substituents is 1. The van der Waals surface area contributed by atoms with Crippen molar-refractivity contribution in [2.24, 2.45) is 5.14 Å². The van der Waals surface area contributed by atoms with Crippen LogP contribution in [0.25, 0.3) is 0 Å². The van der Waals surface area contributed by atoms with Crippen LogP contribution in [0.15, 0.2) is 53.4 Å². The molecule has 0 fully saturated rings. The predicted molar refractivity (Wildman–Crippen MR) is 86.3 cm³/mol. The van der Waals surface area contributed by atoms with Crippen molar-refractivity contribution in [2.75, 3.05) is 6.54 Å². The Bertz CT molecular complexity index is 795. The molecule has 0 atom stereocenters. The number of rotatable bonds is 7. The maximum absolute atomic E-state index is 11.2. The number of nitro benzene ring substituents is 1. The molecule has 9 heteroatoms. The number of primary sulfonamides is 1. The molecular formula is C15H17ClN3O4S-. The fraction of sp³-hybridized carbons (Fsp3) is 0.200. The molecule has 0 unspecified atom stereocenters. The average Bonchev–Trinajstić information content (AvgIpc) is 2.51. The van der Waals surface area contributed by atoms with Gasteiger partial charge in [-0.2, -0.15) is 0 Å². The second kappa shape index (κ2) is 8.74. The molecule has 0 bridgehead atoms. The zero-order chi connectivity index (χ0) is 16.9. The van der Waals surface area contributed by atoms with E-state index in [0.717, 1.165) is 11.1 Å². The fourth-order valence-electron chi connectivity index (χ4n) is 2.09. The van der Waals surface area contributed by atoms with Crippen molar-refractivity contribution in [2.45, 2.75) is 17.9 Å². The van der Waals surface area contributed by atoms with Crippen LogP contribution in [0.4, 0.5) is 5.69 Å². The van der Waals surface area contributed by atoms with E-state index in [1.54, 1.807) is 18.2 Å². The molecule has 24 heavy (non-hydrogen) atoms. The number of hydrogen-bond acceptors (Lipinski definition) is 5. The Morgan fingerprint density at radius 3 is 2.33 bits per heavy atom. The molecule has 3 N–H and O–H groups in total. The fourth-order valence-corrected chi connectivity index (χ4v) is 2.61. The summed E-state index contributed by atoms with van der Waals surface area (Å²) in [6.45, 7) is 1.19. The first kappa shape index (κ1) is 20.0. The van der Waals surface area contributed by atoms with E-state index in [9.17, 15) is 18.5 Å². The number of hydrogen-bond donors (Lipinski definition) is 2. The summed E-state index contributed by atoms with van der Waals surface area (Å²) < 4.78 is 22.3. The van der Waals surface area contributed by atoms with Crippen LogP contribution in [0, 0.1) is 10.1 Å². The van der Waals surface area contributed by atoms with Gasteiger partial charge in [-0.1, -0.05) is 24.3 Å². The second-order valence-corrected chi connectivity index (χ2v) is 6.60. The minimum atomic E-state index is -3.66. The van der Waals surface area contributed by atoms with E-state index < -0.39 is 14.9 Å². The van der Waals surface area contributed by atoms with Gasteiger partial charge in [-0.25, -0.2) is 13.6 Å². The monoisotopic (exact) mass is 370 g/mol. The molecule has 0 saturated carbocycles. The number of nitro groups is 1. The summed E-state index contributed by atoms with van der Waals surface area (Å²) in [6, 6.07) is 12.9. The van der Waals surface area contributed by atoms with Crippen molar-refractivity contribution in [1.82, 2.24) is 5.32 Å². The summed E-state index contributed by atoms with van der Waals surface area (Å²) in [5.41, 5.74) is 1.88. The van der Waals surface area contributed by atoms with Crippen LogP contribution in [-0.2, 0) is 23.0 Å². The SMILES string of the molecule is NS(=O)(=O)c1ccc(CCNCc2cccc([N+](=O)[O-])c2)cc1.[Cl-]. The van der Waals surface area contributed by atoms with E-state index in [4.69, 9.17) is 5.14 Å². The Labute approximate surface area is 146 Å². The van der Waals surface area contributed by atoms with Gasteiger partial charge < -0.3 is 17.7 Å². The smallest absolute Gasteiger partial charge is 0.269 e. The number of nitrogens with two attached hydrogens (primary N) is 1. The van der Waals surface area contributed by atoms with E-state index in [2.05, 4.69) is 5.32 Å². The normalized spacial score (nSPS) is 10.9. The van der Waals surface area contributed by atoms with Gasteiger partial charge in [0.05, 0.1) is 9.82 Å². The zero-order valence-corrected chi connectivity index (χ0v) is 14.3. The summed E-state index contributed by atoms with van der Waals surface area (Å²) in [6.07, 6.45) is 0.708. The van der Waals surface area contributed by atoms with Gasteiger partial charge in [-0.05, 0) is 36.2 Å². The van der Waals surface area contributed by atoms with Gasteiger partial charge in [0, 0.05) is 18.7 Å². The molecule has 0 heterocycles. The molecular weight excluding hydrogens is 354 g/mol. The zero-order valence-electron chi connectivity index (χ0n) is 12.7. The maximum Gasteiger partial charge on any atom is 0.269 e. The molecule has 0 aliphatic heterocycles. The van der Waals surface area contributed by atoms with Crippen molar-refractivity contribution in [3.05, 3.63) is 69.8 Å². The summed E-state index contributed by atoms with van der Waals surface area (Å²) >= 11 is 0. The van der Waals surface area contributed by atoms with Crippen molar-refractivity contribution in [3.8, 4) is 0 Å². The van der Waals surface area contributed by atoms with Crippen LogP contribution < -0.4 is 22.9 Å². The van der Waals surface area contributed by atoms with Crippen LogP contribution in [0.3, 0.4) is 0 Å². The van der Waals surface area contributed by atoms with Gasteiger partial charge in [-0.3, -0.25) is 10.1 Å². The molecule has 2 aromatic carbocycles. The van der Waals surface area contributed by atoms with Crippen molar-refractivity contribution >= 4 is 15.7 Å². The summed E-state index contributed by atoms with van der Waals surface area (Å²) in [5.74, 6) is 0. The van der Waals surface area contributed by atoms with Crippen molar-refractivity contribution < 1.29 is 25.7 Å². The van der Waals surface area contributed by atoms with E-state index in [1.165, 1.54) is 24.3 Å². The lowest BCUT2D eigenvalue weighted by Crippen LogP contribution is -3.00. The molecule has 0 aliphatic rings. The third-order valence-corrected chi connectivity index (χ3v) is 4.22. The molecule has 0 radical (unpaired) electrons. The Morgan fingerprint density at radius 2 is 1.75 bits per heavy atom. The van der Waals surface area contributed by atoms with Crippen LogP contribution in [0.2, 0.25) is 0 Å². The lowest BCUT2D eigenvalue weighted by atomic mass is 10.1. The van der Waals surface area contributed by atoms with Crippen molar-refractivity contribution in [3.63, 3.8) is 0 Å². The quantitative estimate of drug-likeness (QED) is 0.352. The average molecular weight is 371 g/mol. The molecule has 2 rings (SSSR count). The van der Waals surface area contributed by atoms with Crippen LogP contribution in [-0.4, -0.2) is 19.9 Å². The van der Waals surface area contributed by atoms with Gasteiger partial charge in [-0.15, -0.1) is 0 Å². The molecule has 0 saturated heterocycles. The second-order valence-electron chi connectivity index (χ2n) is 5.04. The molecule has 7 nitrogen and oxygen atoms in total. The molecule has 0 spiro atoms.